The highest BCUT2D eigenvalue weighted by Crippen LogP contribution is 2.15. The Kier molecular flexibility index (Phi) is 4.22. The molecule has 118 valence electrons. The fourth-order valence-electron chi connectivity index (χ4n) is 2.20. The van der Waals surface area contributed by atoms with Crippen molar-refractivity contribution in [3.05, 3.63) is 68.4 Å². The molecule has 0 aliphatic heterocycles. The zero-order valence-corrected chi connectivity index (χ0v) is 13.2. The monoisotopic (exact) mass is 329 g/mol. The number of aliphatic hydroxyl groups is 1. The van der Waals surface area contributed by atoms with Crippen molar-refractivity contribution in [2.75, 3.05) is 6.54 Å². The second-order valence-corrected chi connectivity index (χ2v) is 5.97. The molecule has 0 saturated heterocycles. The van der Waals surface area contributed by atoms with Gasteiger partial charge in [-0.2, -0.15) is 11.3 Å². The van der Waals surface area contributed by atoms with Gasteiger partial charge in [-0.05, 0) is 47.0 Å². The molecule has 0 aliphatic carbocycles. The molecule has 2 N–H and O–H groups in total. The molecule has 6 nitrogen and oxygen atoms in total. The molecular weight excluding hydrogens is 314 g/mol. The topological polar surface area (TPSA) is 83.7 Å². The van der Waals surface area contributed by atoms with Crippen molar-refractivity contribution in [1.82, 2.24) is 14.7 Å². The number of pyridine rings is 1. The Balaban J connectivity index is 1.80. The molecule has 0 bridgehead atoms. The number of nitrogens with one attached hydrogen (secondary N) is 1. The predicted octanol–water partition coefficient (Wildman–Crippen LogP) is 1.53. The van der Waals surface area contributed by atoms with Gasteiger partial charge in [-0.15, -0.1) is 0 Å². The van der Waals surface area contributed by atoms with Gasteiger partial charge in [0.15, 0.2) is 0 Å². The molecule has 1 unspecified atom stereocenters. The third-order valence-electron chi connectivity index (χ3n) is 3.49. The van der Waals surface area contributed by atoms with E-state index in [1.165, 1.54) is 21.9 Å². The third kappa shape index (κ3) is 3.15. The van der Waals surface area contributed by atoms with Gasteiger partial charge in [-0.25, -0.2) is 4.98 Å². The van der Waals surface area contributed by atoms with Gasteiger partial charge in [0.05, 0.1) is 6.10 Å². The smallest absolute Gasteiger partial charge is 0.270 e. The number of nitrogens with zero attached hydrogens (tertiary/aromatic N) is 2. The molecule has 0 radical (unpaired) electrons. The minimum atomic E-state index is -0.802. The number of fused-ring (bicyclic) bond motifs is 1. The Hall–Kier alpha value is -2.51. The lowest BCUT2D eigenvalue weighted by atomic mass is 10.2. The molecule has 3 aromatic heterocycles. The Labute approximate surface area is 136 Å². The van der Waals surface area contributed by atoms with E-state index in [0.717, 1.165) is 11.1 Å². The number of aliphatic hydroxyl groups excluding tert-OH is 1. The van der Waals surface area contributed by atoms with E-state index in [9.17, 15) is 14.7 Å². The minimum absolute atomic E-state index is 0.0333. The van der Waals surface area contributed by atoms with E-state index in [2.05, 4.69) is 10.3 Å². The first-order chi connectivity index (χ1) is 11.1. The normalized spacial score (nSPS) is 12.3. The van der Waals surface area contributed by atoms with Crippen molar-refractivity contribution in [1.29, 1.82) is 0 Å². The van der Waals surface area contributed by atoms with Crippen LogP contribution < -0.4 is 10.9 Å². The summed E-state index contributed by atoms with van der Waals surface area (Å²) in [4.78, 5) is 28.7. The quantitative estimate of drug-likeness (QED) is 0.760. The van der Waals surface area contributed by atoms with Crippen molar-refractivity contribution in [2.45, 2.75) is 13.0 Å². The van der Waals surface area contributed by atoms with E-state index in [4.69, 9.17) is 0 Å². The highest BCUT2D eigenvalue weighted by molar-refractivity contribution is 7.07. The van der Waals surface area contributed by atoms with Gasteiger partial charge in [0.1, 0.15) is 11.2 Å². The number of carbonyl (C=O) groups excluding carboxylic acids is 1. The van der Waals surface area contributed by atoms with E-state index in [1.54, 1.807) is 24.4 Å². The van der Waals surface area contributed by atoms with Crippen molar-refractivity contribution in [3.8, 4) is 0 Å². The highest BCUT2D eigenvalue weighted by Gasteiger charge is 2.15. The molecule has 23 heavy (non-hydrogen) atoms. The van der Waals surface area contributed by atoms with Crippen molar-refractivity contribution in [3.63, 3.8) is 0 Å². The predicted molar refractivity (Wildman–Crippen MR) is 87.8 cm³/mol. The molecule has 3 aromatic rings. The summed E-state index contributed by atoms with van der Waals surface area (Å²) in [5.41, 5.74) is 1.72. The average molecular weight is 329 g/mol. The fourth-order valence-corrected chi connectivity index (χ4v) is 2.91. The fraction of sp³-hybridized carbons (Fsp3) is 0.188. The summed E-state index contributed by atoms with van der Waals surface area (Å²) in [6, 6.07) is 5.33. The number of carbonyl (C=O) groups is 1. The van der Waals surface area contributed by atoms with Crippen LogP contribution in [0.5, 0.6) is 0 Å². The van der Waals surface area contributed by atoms with Gasteiger partial charge >= 0.3 is 0 Å². The van der Waals surface area contributed by atoms with Crippen LogP contribution in [-0.2, 0) is 0 Å². The highest BCUT2D eigenvalue weighted by atomic mass is 32.1. The summed E-state index contributed by atoms with van der Waals surface area (Å²) < 4.78 is 1.33. The lowest BCUT2D eigenvalue weighted by Gasteiger charge is -2.10. The Morgan fingerprint density at radius 2 is 2.30 bits per heavy atom. The van der Waals surface area contributed by atoms with Crippen LogP contribution in [0.1, 0.15) is 27.6 Å². The maximum atomic E-state index is 12.4. The van der Waals surface area contributed by atoms with Crippen molar-refractivity contribution < 1.29 is 9.90 Å². The molecule has 0 aromatic carbocycles. The SMILES string of the molecule is Cc1ccn2c(=O)c(C(=O)NCC(O)c3ccsc3)cnc2c1. The Morgan fingerprint density at radius 1 is 1.48 bits per heavy atom. The van der Waals surface area contributed by atoms with Crippen LogP contribution in [0.2, 0.25) is 0 Å². The van der Waals surface area contributed by atoms with Gasteiger partial charge < -0.3 is 10.4 Å². The second-order valence-electron chi connectivity index (χ2n) is 5.19. The van der Waals surface area contributed by atoms with Gasteiger partial charge in [-0.1, -0.05) is 0 Å². The summed E-state index contributed by atoms with van der Waals surface area (Å²) in [7, 11) is 0. The second kappa shape index (κ2) is 6.31. The third-order valence-corrected chi connectivity index (χ3v) is 4.20. The molecule has 1 atom stereocenters. The number of aryl methyl sites for hydroxylation is 1. The van der Waals surface area contributed by atoms with E-state index in [0.29, 0.717) is 5.65 Å². The maximum Gasteiger partial charge on any atom is 0.270 e. The molecule has 0 saturated carbocycles. The summed E-state index contributed by atoms with van der Waals surface area (Å²) in [6.45, 7) is 1.93. The first-order valence-corrected chi connectivity index (χ1v) is 7.97. The number of hydrogen-bond acceptors (Lipinski definition) is 5. The summed E-state index contributed by atoms with van der Waals surface area (Å²) in [5, 5.41) is 16.2. The van der Waals surface area contributed by atoms with Crippen molar-refractivity contribution >= 4 is 22.9 Å². The van der Waals surface area contributed by atoms with Gasteiger partial charge in [0.2, 0.25) is 0 Å². The van der Waals surface area contributed by atoms with Crippen LogP contribution in [0, 0.1) is 6.92 Å². The van der Waals surface area contributed by atoms with Crippen molar-refractivity contribution in [2.24, 2.45) is 0 Å². The van der Waals surface area contributed by atoms with Crippen LogP contribution in [0.15, 0.2) is 46.1 Å². The summed E-state index contributed by atoms with van der Waals surface area (Å²) in [5.74, 6) is -0.549. The summed E-state index contributed by atoms with van der Waals surface area (Å²) >= 11 is 1.47. The van der Waals surface area contributed by atoms with Crippen LogP contribution in [0.3, 0.4) is 0 Å². The van der Waals surface area contributed by atoms with Crippen LogP contribution in [0.4, 0.5) is 0 Å². The molecule has 1 amide bonds. The largest absolute Gasteiger partial charge is 0.387 e. The lowest BCUT2D eigenvalue weighted by molar-refractivity contribution is 0.0914. The molecule has 0 aliphatic rings. The first-order valence-electron chi connectivity index (χ1n) is 7.02. The van der Waals surface area contributed by atoms with Crippen LogP contribution >= 0.6 is 11.3 Å². The molecule has 3 rings (SSSR count). The van der Waals surface area contributed by atoms with E-state index in [1.807, 2.05) is 17.7 Å². The number of hydrogen-bond donors (Lipinski definition) is 2. The van der Waals surface area contributed by atoms with E-state index >= 15 is 0 Å². The first kappa shape index (κ1) is 15.4. The lowest BCUT2D eigenvalue weighted by Crippen LogP contribution is -2.34. The van der Waals surface area contributed by atoms with E-state index in [-0.39, 0.29) is 12.1 Å². The Morgan fingerprint density at radius 3 is 3.04 bits per heavy atom. The molecule has 0 spiro atoms. The molecule has 0 fully saturated rings. The van der Waals surface area contributed by atoms with Gasteiger partial charge in [-0.3, -0.25) is 14.0 Å². The number of aromatic nitrogens is 2. The van der Waals surface area contributed by atoms with Crippen LogP contribution in [0.25, 0.3) is 5.65 Å². The van der Waals surface area contributed by atoms with Gasteiger partial charge in [0, 0.05) is 18.9 Å². The number of amides is 1. The van der Waals surface area contributed by atoms with Gasteiger partial charge in [0.25, 0.3) is 11.5 Å². The molecule has 3 heterocycles. The Bertz CT molecular complexity index is 903. The standard InChI is InChI=1S/C16H15N3O3S/c1-10-2-4-19-14(6-10)17-7-12(16(19)22)15(21)18-8-13(20)11-3-5-23-9-11/h2-7,9,13,20H,8H2,1H3,(H,18,21). The van der Waals surface area contributed by atoms with Crippen LogP contribution in [-0.4, -0.2) is 26.9 Å². The minimum Gasteiger partial charge on any atom is -0.387 e. The zero-order valence-electron chi connectivity index (χ0n) is 12.4. The average Bonchev–Trinajstić information content (AvgIpc) is 3.07. The maximum absolute atomic E-state index is 12.4. The molecular formula is C16H15N3O3S. The number of rotatable bonds is 4. The zero-order chi connectivity index (χ0) is 16.4. The van der Waals surface area contributed by atoms with E-state index < -0.39 is 17.6 Å². The number of thiophene rings is 1. The summed E-state index contributed by atoms with van der Waals surface area (Å²) in [6.07, 6.45) is 2.06. The molecule has 7 heteroatoms.